The van der Waals surface area contributed by atoms with E-state index in [2.05, 4.69) is 5.32 Å². The molecule has 0 aliphatic rings. The Labute approximate surface area is 123 Å². The number of methoxy groups -OCH3 is 1. The standard InChI is InChI=1S/C14H21FN2O4/c1-3-4-10(5-6-18)9-16-12-8-14(21-2)13(17(19)20)7-11(12)15/h7-8,10,16,18H,3-6,9H2,1-2H3. The van der Waals surface area contributed by atoms with Gasteiger partial charge < -0.3 is 15.2 Å². The van der Waals surface area contributed by atoms with E-state index < -0.39 is 16.4 Å². The zero-order chi connectivity index (χ0) is 15.8. The normalized spacial score (nSPS) is 12.0. The summed E-state index contributed by atoms with van der Waals surface area (Å²) < 4.78 is 18.8. The molecule has 1 atom stereocenters. The summed E-state index contributed by atoms with van der Waals surface area (Å²) in [6.07, 6.45) is 2.52. The predicted octanol–water partition coefficient (Wildman–Crippen LogP) is 2.95. The summed E-state index contributed by atoms with van der Waals surface area (Å²) in [5.41, 5.74) is -0.238. The molecular formula is C14H21FN2O4. The van der Waals surface area contributed by atoms with Gasteiger partial charge in [0.25, 0.3) is 0 Å². The van der Waals surface area contributed by atoms with E-state index in [1.807, 2.05) is 6.92 Å². The quantitative estimate of drug-likeness (QED) is 0.541. The molecule has 0 bridgehead atoms. The molecule has 7 heteroatoms. The Morgan fingerprint density at radius 1 is 1.48 bits per heavy atom. The molecule has 1 aromatic rings. The lowest BCUT2D eigenvalue weighted by molar-refractivity contribution is -0.385. The maximum absolute atomic E-state index is 13.9. The lowest BCUT2D eigenvalue weighted by Gasteiger charge is -2.17. The maximum Gasteiger partial charge on any atom is 0.313 e. The molecule has 2 N–H and O–H groups in total. The van der Waals surface area contributed by atoms with Gasteiger partial charge in [0.1, 0.15) is 0 Å². The van der Waals surface area contributed by atoms with E-state index in [0.717, 1.165) is 18.9 Å². The van der Waals surface area contributed by atoms with E-state index in [1.165, 1.54) is 13.2 Å². The SMILES string of the molecule is CCCC(CCO)CNc1cc(OC)c([N+](=O)[O-])cc1F. The largest absolute Gasteiger partial charge is 0.490 e. The summed E-state index contributed by atoms with van der Waals surface area (Å²) in [4.78, 5) is 10.1. The van der Waals surface area contributed by atoms with Crippen LogP contribution in [0.4, 0.5) is 15.8 Å². The van der Waals surface area contributed by atoms with Crippen molar-refractivity contribution in [2.24, 2.45) is 5.92 Å². The molecular weight excluding hydrogens is 279 g/mol. The summed E-state index contributed by atoms with van der Waals surface area (Å²) >= 11 is 0. The van der Waals surface area contributed by atoms with Crippen molar-refractivity contribution in [1.29, 1.82) is 0 Å². The van der Waals surface area contributed by atoms with Crippen molar-refractivity contribution in [3.05, 3.63) is 28.1 Å². The zero-order valence-electron chi connectivity index (χ0n) is 12.3. The van der Waals surface area contributed by atoms with Crippen LogP contribution in [0.25, 0.3) is 0 Å². The van der Waals surface area contributed by atoms with Crippen LogP contribution >= 0.6 is 0 Å². The van der Waals surface area contributed by atoms with Crippen LogP contribution in [-0.4, -0.2) is 30.3 Å². The van der Waals surface area contributed by atoms with Crippen LogP contribution in [0.5, 0.6) is 5.75 Å². The minimum absolute atomic E-state index is 0.0121. The molecule has 0 saturated heterocycles. The van der Waals surface area contributed by atoms with Crippen LogP contribution in [0, 0.1) is 21.8 Å². The summed E-state index contributed by atoms with van der Waals surface area (Å²) in [7, 11) is 1.30. The molecule has 21 heavy (non-hydrogen) atoms. The summed E-state index contributed by atoms with van der Waals surface area (Å²) in [5, 5.41) is 22.7. The summed E-state index contributed by atoms with van der Waals surface area (Å²) in [6.45, 7) is 2.62. The van der Waals surface area contributed by atoms with E-state index in [9.17, 15) is 14.5 Å². The molecule has 0 aliphatic heterocycles. The Bertz CT molecular complexity index is 476. The lowest BCUT2D eigenvalue weighted by atomic mass is 10.00. The first-order valence-electron chi connectivity index (χ1n) is 6.90. The summed E-state index contributed by atoms with van der Waals surface area (Å²) in [6, 6.07) is 2.14. The number of nitrogens with zero attached hydrogens (tertiary/aromatic N) is 1. The third kappa shape index (κ3) is 4.86. The number of aliphatic hydroxyl groups excluding tert-OH is 1. The van der Waals surface area contributed by atoms with Crippen LogP contribution in [-0.2, 0) is 0 Å². The van der Waals surface area contributed by atoms with Crippen LogP contribution in [0.1, 0.15) is 26.2 Å². The Morgan fingerprint density at radius 2 is 2.19 bits per heavy atom. The van der Waals surface area contributed by atoms with E-state index in [1.54, 1.807) is 0 Å². The van der Waals surface area contributed by atoms with Gasteiger partial charge in [-0.2, -0.15) is 0 Å². The van der Waals surface area contributed by atoms with Gasteiger partial charge in [-0.25, -0.2) is 4.39 Å². The molecule has 6 nitrogen and oxygen atoms in total. The van der Waals surface area contributed by atoms with Crippen LogP contribution in [0.2, 0.25) is 0 Å². The Kier molecular flexibility index (Phi) is 6.87. The molecule has 0 amide bonds. The third-order valence-corrected chi connectivity index (χ3v) is 3.28. The fourth-order valence-corrected chi connectivity index (χ4v) is 2.18. The number of aliphatic hydroxyl groups is 1. The highest BCUT2D eigenvalue weighted by molar-refractivity contribution is 5.59. The van der Waals surface area contributed by atoms with Gasteiger partial charge in [-0.1, -0.05) is 13.3 Å². The van der Waals surface area contributed by atoms with Gasteiger partial charge in [-0.3, -0.25) is 10.1 Å². The fraction of sp³-hybridized carbons (Fsp3) is 0.571. The first-order valence-corrected chi connectivity index (χ1v) is 6.90. The van der Waals surface area contributed by atoms with Gasteiger partial charge in [0.15, 0.2) is 11.6 Å². The second-order valence-corrected chi connectivity index (χ2v) is 4.81. The van der Waals surface area contributed by atoms with Crippen molar-refractivity contribution in [2.45, 2.75) is 26.2 Å². The molecule has 118 valence electrons. The van der Waals surface area contributed by atoms with Crippen molar-refractivity contribution in [2.75, 3.05) is 25.6 Å². The molecule has 1 unspecified atom stereocenters. The molecule has 0 spiro atoms. The number of ether oxygens (including phenoxy) is 1. The number of rotatable bonds is 9. The second kappa shape index (κ2) is 8.41. The van der Waals surface area contributed by atoms with Crippen molar-refractivity contribution in [3.8, 4) is 5.75 Å². The number of anilines is 1. The number of halogens is 1. The number of hydrogen-bond donors (Lipinski definition) is 2. The van der Waals surface area contributed by atoms with Crippen molar-refractivity contribution in [1.82, 2.24) is 0 Å². The number of nitro benzene ring substituents is 1. The maximum atomic E-state index is 13.9. The smallest absolute Gasteiger partial charge is 0.313 e. The number of benzene rings is 1. The molecule has 0 fully saturated rings. The second-order valence-electron chi connectivity index (χ2n) is 4.81. The average molecular weight is 300 g/mol. The van der Waals surface area contributed by atoms with Gasteiger partial charge in [0, 0.05) is 19.2 Å². The Morgan fingerprint density at radius 3 is 2.71 bits per heavy atom. The van der Waals surface area contributed by atoms with E-state index in [-0.39, 0.29) is 24.0 Å². The molecule has 0 aromatic heterocycles. The molecule has 0 saturated carbocycles. The summed E-state index contributed by atoms with van der Waals surface area (Å²) in [5.74, 6) is -0.458. The average Bonchev–Trinajstić information content (AvgIpc) is 2.45. The first-order chi connectivity index (χ1) is 10.0. The number of hydrogen-bond acceptors (Lipinski definition) is 5. The highest BCUT2D eigenvalue weighted by Gasteiger charge is 2.19. The third-order valence-electron chi connectivity index (χ3n) is 3.28. The van der Waals surface area contributed by atoms with Gasteiger partial charge in [0.05, 0.1) is 23.8 Å². The number of nitro groups is 1. The van der Waals surface area contributed by atoms with Crippen LogP contribution < -0.4 is 10.1 Å². The van der Waals surface area contributed by atoms with Gasteiger partial charge in [-0.15, -0.1) is 0 Å². The van der Waals surface area contributed by atoms with Gasteiger partial charge in [-0.05, 0) is 18.8 Å². The van der Waals surface area contributed by atoms with Crippen molar-refractivity contribution < 1.29 is 19.2 Å². The molecule has 0 heterocycles. The van der Waals surface area contributed by atoms with E-state index in [0.29, 0.717) is 13.0 Å². The van der Waals surface area contributed by atoms with Gasteiger partial charge in [0.2, 0.25) is 0 Å². The Balaban J connectivity index is 2.85. The monoisotopic (exact) mass is 300 g/mol. The molecule has 1 aromatic carbocycles. The fourth-order valence-electron chi connectivity index (χ4n) is 2.18. The van der Waals surface area contributed by atoms with Crippen LogP contribution in [0.15, 0.2) is 12.1 Å². The van der Waals surface area contributed by atoms with Crippen molar-refractivity contribution >= 4 is 11.4 Å². The molecule has 0 radical (unpaired) electrons. The Hall–Kier alpha value is -1.89. The van der Waals surface area contributed by atoms with E-state index in [4.69, 9.17) is 9.84 Å². The highest BCUT2D eigenvalue weighted by Crippen LogP contribution is 2.32. The van der Waals surface area contributed by atoms with E-state index >= 15 is 0 Å². The van der Waals surface area contributed by atoms with Crippen molar-refractivity contribution in [3.63, 3.8) is 0 Å². The topological polar surface area (TPSA) is 84.6 Å². The molecule has 0 aliphatic carbocycles. The minimum atomic E-state index is -0.693. The first kappa shape index (κ1) is 17.2. The zero-order valence-corrected chi connectivity index (χ0v) is 12.3. The van der Waals surface area contributed by atoms with Crippen LogP contribution in [0.3, 0.4) is 0 Å². The minimum Gasteiger partial charge on any atom is -0.490 e. The lowest BCUT2D eigenvalue weighted by Crippen LogP contribution is -2.16. The van der Waals surface area contributed by atoms with Gasteiger partial charge >= 0.3 is 5.69 Å². The highest BCUT2D eigenvalue weighted by atomic mass is 19.1. The predicted molar refractivity (Wildman–Crippen MR) is 78.2 cm³/mol. The number of nitrogens with one attached hydrogen (secondary N) is 1. The molecule has 1 rings (SSSR count).